The molecule has 46 heavy (non-hydrogen) atoms. The number of nitrogens with one attached hydrogen (secondary N) is 1. The van der Waals surface area contributed by atoms with Crippen molar-refractivity contribution in [2.45, 2.75) is 77.4 Å². The van der Waals surface area contributed by atoms with Crippen LogP contribution in [-0.4, -0.2) is 68.4 Å². The zero-order valence-corrected chi connectivity index (χ0v) is 25.7. The zero-order chi connectivity index (χ0) is 32.9. The van der Waals surface area contributed by atoms with Crippen LogP contribution in [0, 0.1) is 24.2 Å². The molecule has 14 heteroatoms. The summed E-state index contributed by atoms with van der Waals surface area (Å²) in [5, 5.41) is 25.1. The first-order chi connectivity index (χ1) is 21.7. The molecule has 2 fully saturated rings. The van der Waals surface area contributed by atoms with Crippen molar-refractivity contribution in [2.24, 2.45) is 17.3 Å². The Morgan fingerprint density at radius 1 is 1.07 bits per heavy atom. The highest BCUT2D eigenvalue weighted by Gasteiger charge is 2.47. The Morgan fingerprint density at radius 3 is 2.37 bits per heavy atom. The van der Waals surface area contributed by atoms with E-state index < -0.39 is 41.4 Å². The van der Waals surface area contributed by atoms with Crippen LogP contribution in [0.3, 0.4) is 0 Å². The number of allylic oxidation sites excluding steroid dienone is 3. The van der Waals surface area contributed by atoms with E-state index in [1.807, 2.05) is 31.2 Å². The predicted molar refractivity (Wildman–Crippen MR) is 161 cm³/mol. The maximum absolute atomic E-state index is 14.3. The third-order valence-electron chi connectivity index (χ3n) is 8.80. The number of fused-ring (bicyclic) bond motifs is 1. The predicted octanol–water partition coefficient (Wildman–Crippen LogP) is 6.56. The largest absolute Gasteiger partial charge is 0.416 e. The van der Waals surface area contributed by atoms with Crippen molar-refractivity contribution < 1.29 is 31.4 Å². The van der Waals surface area contributed by atoms with Gasteiger partial charge in [0.15, 0.2) is 0 Å². The van der Waals surface area contributed by atoms with E-state index >= 15 is 0 Å². The van der Waals surface area contributed by atoms with Gasteiger partial charge in [0.1, 0.15) is 5.82 Å². The Kier molecular flexibility index (Phi) is 8.53. The number of halogens is 6. The van der Waals surface area contributed by atoms with E-state index in [0.717, 1.165) is 66.1 Å². The number of benzene rings is 1. The molecular weight excluding hydrogens is 612 g/mol. The van der Waals surface area contributed by atoms with E-state index in [4.69, 9.17) is 4.98 Å². The number of aromatic nitrogens is 5. The van der Waals surface area contributed by atoms with E-state index in [-0.39, 0.29) is 31.5 Å². The van der Waals surface area contributed by atoms with E-state index in [9.17, 15) is 31.4 Å². The standard InChI is InChI=1S/C32H37F6N7O/c1-19-4-3-5-23-10-24(28(40-27(19)23)44(16-21-6-7-21)17-22-8-9-22)12-30(18-39-29-41-43-45(42-29)15-20(2)46)13-25(31(33,34)35)11-26(14-30)32(36,37)38/h3-5,10-11,13,20-22,46H,6-9,12,14-18H2,1-2H3,(H,39,42). The van der Waals surface area contributed by atoms with Gasteiger partial charge >= 0.3 is 12.4 Å². The second-order valence-electron chi connectivity index (χ2n) is 13.3. The lowest BCUT2D eigenvalue weighted by atomic mass is 9.71. The van der Waals surface area contributed by atoms with Crippen LogP contribution in [0.15, 0.2) is 47.6 Å². The molecule has 3 aliphatic rings. The first-order valence-corrected chi connectivity index (χ1v) is 15.6. The quantitative estimate of drug-likeness (QED) is 0.215. The first-order valence-electron chi connectivity index (χ1n) is 15.6. The molecule has 2 heterocycles. The third kappa shape index (κ3) is 7.64. The van der Waals surface area contributed by atoms with Crippen molar-refractivity contribution in [3.63, 3.8) is 0 Å². The van der Waals surface area contributed by atoms with Crippen LogP contribution < -0.4 is 10.2 Å². The van der Waals surface area contributed by atoms with Gasteiger partial charge in [-0.1, -0.05) is 29.4 Å². The number of alkyl halides is 6. The number of aliphatic hydroxyl groups is 1. The van der Waals surface area contributed by atoms with Gasteiger partial charge in [-0.15, -0.1) is 5.10 Å². The molecule has 6 rings (SSSR count). The summed E-state index contributed by atoms with van der Waals surface area (Å²) >= 11 is 0. The minimum Gasteiger partial charge on any atom is -0.391 e. The summed E-state index contributed by atoms with van der Waals surface area (Å²) in [4.78, 5) is 8.40. The van der Waals surface area contributed by atoms with Gasteiger partial charge in [-0.2, -0.15) is 31.1 Å². The maximum Gasteiger partial charge on any atom is 0.416 e. The number of rotatable bonds is 12. The highest BCUT2D eigenvalue weighted by molar-refractivity contribution is 5.84. The number of hydrogen-bond donors (Lipinski definition) is 2. The smallest absolute Gasteiger partial charge is 0.391 e. The van der Waals surface area contributed by atoms with Gasteiger partial charge < -0.3 is 15.3 Å². The Hall–Kier alpha value is -3.68. The molecule has 248 valence electrons. The number of aryl methyl sites for hydroxylation is 1. The van der Waals surface area contributed by atoms with Gasteiger partial charge in [-0.3, -0.25) is 0 Å². The van der Waals surface area contributed by atoms with Crippen LogP contribution in [-0.2, 0) is 13.0 Å². The second-order valence-corrected chi connectivity index (χ2v) is 13.3. The molecule has 2 unspecified atom stereocenters. The van der Waals surface area contributed by atoms with E-state index in [0.29, 0.717) is 23.2 Å². The Balaban J connectivity index is 1.45. The van der Waals surface area contributed by atoms with Gasteiger partial charge in [0.2, 0.25) is 0 Å². The molecule has 0 bridgehead atoms. The average molecular weight is 650 g/mol. The molecule has 3 aliphatic carbocycles. The topological polar surface area (TPSA) is 92.0 Å². The number of pyridine rings is 1. The van der Waals surface area contributed by atoms with Crippen LogP contribution >= 0.6 is 0 Å². The summed E-state index contributed by atoms with van der Waals surface area (Å²) < 4.78 is 85.6. The van der Waals surface area contributed by atoms with Crippen molar-refractivity contribution in [3.05, 3.63) is 58.7 Å². The molecule has 3 aromatic rings. The highest BCUT2D eigenvalue weighted by atomic mass is 19.4. The molecular formula is C32H37F6N7O. The molecule has 2 saturated carbocycles. The third-order valence-corrected chi connectivity index (χ3v) is 8.80. The Bertz CT molecular complexity index is 1620. The van der Waals surface area contributed by atoms with E-state index in [1.165, 1.54) is 6.92 Å². The van der Waals surface area contributed by atoms with Gasteiger partial charge in [0.25, 0.3) is 5.95 Å². The minimum atomic E-state index is -5.01. The van der Waals surface area contributed by atoms with Gasteiger partial charge in [-0.25, -0.2) is 4.98 Å². The van der Waals surface area contributed by atoms with Gasteiger partial charge in [0, 0.05) is 36.0 Å². The fourth-order valence-electron chi connectivity index (χ4n) is 6.19. The Morgan fingerprint density at radius 2 is 1.76 bits per heavy atom. The summed E-state index contributed by atoms with van der Waals surface area (Å²) in [7, 11) is 0. The van der Waals surface area contributed by atoms with Crippen LogP contribution in [0.4, 0.5) is 38.1 Å². The lowest BCUT2D eigenvalue weighted by Gasteiger charge is -2.38. The van der Waals surface area contributed by atoms with E-state index in [1.54, 1.807) is 0 Å². The van der Waals surface area contributed by atoms with Crippen molar-refractivity contribution >= 4 is 22.7 Å². The fourth-order valence-corrected chi connectivity index (χ4v) is 6.19. The van der Waals surface area contributed by atoms with Crippen molar-refractivity contribution in [3.8, 4) is 0 Å². The Labute approximate surface area is 262 Å². The fraction of sp³-hybridized carbons (Fsp3) is 0.562. The SMILES string of the molecule is Cc1cccc2cc(CC3(CNc4nnn(CC(C)O)n4)C=C(C(F)(F)F)C=C(C(F)(F)F)C3)c(N(CC3CC3)CC3CC3)nc12. The monoisotopic (exact) mass is 649 g/mol. The normalized spacial score (nSPS) is 21.2. The van der Waals surface area contributed by atoms with E-state index in [2.05, 4.69) is 25.6 Å². The molecule has 2 atom stereocenters. The van der Waals surface area contributed by atoms with Crippen LogP contribution in [0.1, 0.15) is 50.2 Å². The second kappa shape index (κ2) is 12.2. The molecule has 0 amide bonds. The molecule has 8 nitrogen and oxygen atoms in total. The lowest BCUT2D eigenvalue weighted by molar-refractivity contribution is -0.102. The molecule has 0 saturated heterocycles. The molecule has 1 aromatic carbocycles. The van der Waals surface area contributed by atoms with Crippen molar-refractivity contribution in [1.29, 1.82) is 0 Å². The molecule has 2 aromatic heterocycles. The summed E-state index contributed by atoms with van der Waals surface area (Å²) in [6, 6.07) is 7.54. The molecule has 2 N–H and O–H groups in total. The van der Waals surface area contributed by atoms with Crippen LogP contribution in [0.5, 0.6) is 0 Å². The lowest BCUT2D eigenvalue weighted by Crippen LogP contribution is -2.38. The number of aliphatic hydroxyl groups excluding tert-OH is 1. The van der Waals surface area contributed by atoms with Crippen molar-refractivity contribution in [1.82, 2.24) is 25.2 Å². The molecule has 0 radical (unpaired) electrons. The van der Waals surface area contributed by atoms with Crippen LogP contribution in [0.25, 0.3) is 10.9 Å². The zero-order valence-electron chi connectivity index (χ0n) is 25.7. The number of para-hydroxylation sites is 1. The van der Waals surface area contributed by atoms with Gasteiger partial charge in [-0.05, 0) is 92.7 Å². The maximum atomic E-state index is 14.3. The summed E-state index contributed by atoms with van der Waals surface area (Å²) in [6.45, 7) is 4.63. The minimum absolute atomic E-state index is 0.0161. The average Bonchev–Trinajstić information content (AvgIpc) is 3.90. The van der Waals surface area contributed by atoms with Gasteiger partial charge in [0.05, 0.1) is 23.7 Å². The number of anilines is 2. The summed E-state index contributed by atoms with van der Waals surface area (Å²) in [6.07, 6.45) is -6.15. The number of nitrogens with zero attached hydrogens (tertiary/aromatic N) is 6. The molecule has 0 spiro atoms. The number of hydrogen-bond acceptors (Lipinski definition) is 7. The number of tetrazole rings is 1. The van der Waals surface area contributed by atoms with Crippen molar-refractivity contribution in [2.75, 3.05) is 29.9 Å². The summed E-state index contributed by atoms with van der Waals surface area (Å²) in [5.41, 5.74) is -2.00. The molecule has 0 aliphatic heterocycles. The van der Waals surface area contributed by atoms with Crippen LogP contribution in [0.2, 0.25) is 0 Å². The first kappa shape index (κ1) is 32.3. The summed E-state index contributed by atoms with van der Waals surface area (Å²) in [5.74, 6) is 1.52. The highest BCUT2D eigenvalue weighted by Crippen LogP contribution is 2.48.